The van der Waals surface area contributed by atoms with E-state index in [1.807, 2.05) is 0 Å². The van der Waals surface area contributed by atoms with Crippen LogP contribution in [0.25, 0.3) is 0 Å². The number of hydrogen-bond donors (Lipinski definition) is 1. The Balaban J connectivity index is 2.65. The summed E-state index contributed by atoms with van der Waals surface area (Å²) in [6.45, 7) is 1.24. The fourth-order valence-electron chi connectivity index (χ4n) is 1.60. The zero-order valence-electron chi connectivity index (χ0n) is 9.83. The number of nitro groups is 1. The standard InChI is InChI=1S/C12H13NO5/c1-8(14)11(12(15)16)7-4-9-2-5-10(6-3-9)13(17)18/h2-3,5-6,11H,4,7H2,1H3,(H,15,16). The molecule has 1 rings (SSSR count). The normalized spacial score (nSPS) is 11.8. The lowest BCUT2D eigenvalue weighted by Crippen LogP contribution is -2.22. The first-order chi connectivity index (χ1) is 8.41. The van der Waals surface area contributed by atoms with Gasteiger partial charge in [0, 0.05) is 12.1 Å². The number of carboxylic acid groups (broad SMARTS) is 1. The molecule has 1 unspecified atom stereocenters. The lowest BCUT2D eigenvalue weighted by molar-refractivity contribution is -0.384. The van der Waals surface area contributed by atoms with E-state index in [0.717, 1.165) is 5.56 Å². The van der Waals surface area contributed by atoms with Crippen molar-refractivity contribution in [3.8, 4) is 0 Å². The predicted molar refractivity (Wildman–Crippen MR) is 63.2 cm³/mol. The molecule has 1 aromatic carbocycles. The molecule has 18 heavy (non-hydrogen) atoms. The summed E-state index contributed by atoms with van der Waals surface area (Å²) in [5.41, 5.74) is 0.758. The first-order valence-electron chi connectivity index (χ1n) is 5.38. The van der Waals surface area contributed by atoms with Gasteiger partial charge in [0.15, 0.2) is 0 Å². The Morgan fingerprint density at radius 2 is 1.89 bits per heavy atom. The number of non-ortho nitro benzene ring substituents is 1. The number of rotatable bonds is 6. The molecule has 0 spiro atoms. The van der Waals surface area contributed by atoms with Crippen LogP contribution in [-0.2, 0) is 16.0 Å². The highest BCUT2D eigenvalue weighted by molar-refractivity contribution is 5.96. The van der Waals surface area contributed by atoms with E-state index in [4.69, 9.17) is 5.11 Å². The summed E-state index contributed by atoms with van der Waals surface area (Å²) >= 11 is 0. The van der Waals surface area contributed by atoms with Gasteiger partial charge in [0.25, 0.3) is 5.69 Å². The minimum atomic E-state index is -1.13. The number of nitrogens with zero attached hydrogens (tertiary/aromatic N) is 1. The van der Waals surface area contributed by atoms with Crippen LogP contribution in [-0.4, -0.2) is 21.8 Å². The number of nitro benzene ring substituents is 1. The Morgan fingerprint density at radius 3 is 2.28 bits per heavy atom. The van der Waals surface area contributed by atoms with Crippen molar-refractivity contribution < 1.29 is 19.6 Å². The van der Waals surface area contributed by atoms with E-state index < -0.39 is 16.8 Å². The molecule has 6 heteroatoms. The molecule has 0 saturated carbocycles. The first-order valence-corrected chi connectivity index (χ1v) is 5.38. The molecule has 0 aliphatic rings. The Bertz CT molecular complexity index is 452. The molecule has 0 amide bonds. The van der Waals surface area contributed by atoms with Gasteiger partial charge < -0.3 is 5.11 Å². The number of carbonyl (C=O) groups is 2. The van der Waals surface area contributed by atoms with Crippen LogP contribution in [0.2, 0.25) is 0 Å². The van der Waals surface area contributed by atoms with Crippen molar-refractivity contribution in [2.45, 2.75) is 19.8 Å². The van der Waals surface area contributed by atoms with Crippen molar-refractivity contribution in [2.75, 3.05) is 0 Å². The molecular formula is C12H13NO5. The fraction of sp³-hybridized carbons (Fsp3) is 0.333. The quantitative estimate of drug-likeness (QED) is 0.472. The summed E-state index contributed by atoms with van der Waals surface area (Å²) in [5, 5.41) is 19.3. The molecule has 0 aromatic heterocycles. The van der Waals surface area contributed by atoms with Gasteiger partial charge in [0.2, 0.25) is 0 Å². The maximum atomic E-state index is 11.1. The van der Waals surface area contributed by atoms with Gasteiger partial charge in [-0.1, -0.05) is 12.1 Å². The van der Waals surface area contributed by atoms with Crippen LogP contribution in [0.5, 0.6) is 0 Å². The molecule has 0 heterocycles. The summed E-state index contributed by atoms with van der Waals surface area (Å²) in [5.74, 6) is -2.53. The van der Waals surface area contributed by atoms with E-state index >= 15 is 0 Å². The molecular weight excluding hydrogens is 238 g/mol. The average Bonchev–Trinajstić information content (AvgIpc) is 2.28. The lowest BCUT2D eigenvalue weighted by atomic mass is 9.96. The zero-order chi connectivity index (χ0) is 13.7. The molecule has 96 valence electrons. The van der Waals surface area contributed by atoms with Crippen molar-refractivity contribution >= 4 is 17.4 Å². The number of benzene rings is 1. The van der Waals surface area contributed by atoms with Crippen LogP contribution in [0.1, 0.15) is 18.9 Å². The number of carbonyl (C=O) groups excluding carboxylic acids is 1. The van der Waals surface area contributed by atoms with Crippen molar-refractivity contribution in [1.29, 1.82) is 0 Å². The second-order valence-corrected chi connectivity index (χ2v) is 3.96. The number of ketones is 1. The largest absolute Gasteiger partial charge is 0.481 e. The molecule has 0 aliphatic heterocycles. The van der Waals surface area contributed by atoms with E-state index in [2.05, 4.69) is 0 Å². The SMILES string of the molecule is CC(=O)C(CCc1ccc([N+](=O)[O-])cc1)C(=O)O. The topological polar surface area (TPSA) is 97.5 Å². The van der Waals surface area contributed by atoms with E-state index in [9.17, 15) is 19.7 Å². The number of aryl methyl sites for hydroxylation is 1. The van der Waals surface area contributed by atoms with Gasteiger partial charge in [-0.3, -0.25) is 19.7 Å². The van der Waals surface area contributed by atoms with E-state index in [-0.39, 0.29) is 17.9 Å². The van der Waals surface area contributed by atoms with E-state index in [1.165, 1.54) is 19.1 Å². The third-order valence-electron chi connectivity index (χ3n) is 2.66. The minimum Gasteiger partial charge on any atom is -0.481 e. The maximum absolute atomic E-state index is 11.1. The fourth-order valence-corrected chi connectivity index (χ4v) is 1.60. The van der Waals surface area contributed by atoms with E-state index in [0.29, 0.717) is 6.42 Å². The molecule has 6 nitrogen and oxygen atoms in total. The molecule has 1 atom stereocenters. The zero-order valence-corrected chi connectivity index (χ0v) is 9.83. The third kappa shape index (κ3) is 3.65. The molecule has 1 aromatic rings. The van der Waals surface area contributed by atoms with Crippen LogP contribution >= 0.6 is 0 Å². The average molecular weight is 251 g/mol. The van der Waals surface area contributed by atoms with Gasteiger partial charge in [-0.25, -0.2) is 0 Å². The Labute approximate surface area is 103 Å². The van der Waals surface area contributed by atoms with Gasteiger partial charge in [-0.2, -0.15) is 0 Å². The highest BCUT2D eigenvalue weighted by Crippen LogP contribution is 2.15. The Morgan fingerprint density at radius 1 is 1.33 bits per heavy atom. The van der Waals surface area contributed by atoms with Crippen molar-refractivity contribution in [1.82, 2.24) is 0 Å². The highest BCUT2D eigenvalue weighted by Gasteiger charge is 2.22. The second-order valence-electron chi connectivity index (χ2n) is 3.96. The summed E-state index contributed by atoms with van der Waals surface area (Å²) in [6.07, 6.45) is 0.594. The Hall–Kier alpha value is -2.24. The number of carboxylic acids is 1. The monoisotopic (exact) mass is 251 g/mol. The van der Waals surface area contributed by atoms with Crippen LogP contribution < -0.4 is 0 Å². The van der Waals surface area contributed by atoms with Crippen molar-refractivity contribution in [3.63, 3.8) is 0 Å². The van der Waals surface area contributed by atoms with Gasteiger partial charge in [0.1, 0.15) is 11.7 Å². The number of hydrogen-bond acceptors (Lipinski definition) is 4. The second kappa shape index (κ2) is 5.90. The minimum absolute atomic E-state index is 0.0138. The maximum Gasteiger partial charge on any atom is 0.314 e. The summed E-state index contributed by atoms with van der Waals surface area (Å²) in [4.78, 5) is 31.8. The predicted octanol–water partition coefficient (Wildman–Crippen LogP) is 1.82. The molecule has 0 radical (unpaired) electrons. The van der Waals surface area contributed by atoms with Crippen molar-refractivity contribution in [2.24, 2.45) is 5.92 Å². The first kappa shape index (κ1) is 13.8. The number of aliphatic carboxylic acids is 1. The number of Topliss-reactive ketones (excluding diaryl/α,β-unsaturated/α-hetero) is 1. The van der Waals surface area contributed by atoms with E-state index in [1.54, 1.807) is 12.1 Å². The smallest absolute Gasteiger partial charge is 0.314 e. The summed E-state index contributed by atoms with van der Waals surface area (Å²) in [6, 6.07) is 5.85. The molecule has 0 saturated heterocycles. The van der Waals surface area contributed by atoms with Crippen molar-refractivity contribution in [3.05, 3.63) is 39.9 Å². The Kier molecular flexibility index (Phi) is 4.53. The van der Waals surface area contributed by atoms with Crippen LogP contribution in [0.15, 0.2) is 24.3 Å². The van der Waals surface area contributed by atoms with Gasteiger partial charge in [0.05, 0.1) is 4.92 Å². The van der Waals surface area contributed by atoms with Gasteiger partial charge in [-0.05, 0) is 25.3 Å². The molecule has 0 fully saturated rings. The summed E-state index contributed by atoms with van der Waals surface area (Å²) < 4.78 is 0. The highest BCUT2D eigenvalue weighted by atomic mass is 16.6. The van der Waals surface area contributed by atoms with Gasteiger partial charge in [-0.15, -0.1) is 0 Å². The molecule has 1 N–H and O–H groups in total. The third-order valence-corrected chi connectivity index (χ3v) is 2.66. The van der Waals surface area contributed by atoms with Gasteiger partial charge >= 0.3 is 5.97 Å². The van der Waals surface area contributed by atoms with Crippen LogP contribution in [0, 0.1) is 16.0 Å². The van der Waals surface area contributed by atoms with Crippen LogP contribution in [0.3, 0.4) is 0 Å². The lowest BCUT2D eigenvalue weighted by Gasteiger charge is -2.08. The summed E-state index contributed by atoms with van der Waals surface area (Å²) in [7, 11) is 0. The molecule has 0 aliphatic carbocycles. The molecule has 0 bridgehead atoms. The van der Waals surface area contributed by atoms with Crippen LogP contribution in [0.4, 0.5) is 5.69 Å².